The number of nitrogens with one attached hydrogen (secondary N) is 2. The van der Waals surface area contributed by atoms with Gasteiger partial charge in [0.15, 0.2) is 0 Å². The fourth-order valence-corrected chi connectivity index (χ4v) is 4.07. The molecule has 0 bridgehead atoms. The van der Waals surface area contributed by atoms with Gasteiger partial charge in [0.05, 0.1) is 23.6 Å². The number of hydrogen-bond donors (Lipinski definition) is 2. The van der Waals surface area contributed by atoms with Gasteiger partial charge >= 0.3 is 0 Å². The maximum absolute atomic E-state index is 12.9. The molecular weight excluding hydrogens is 314 g/mol. The van der Waals surface area contributed by atoms with E-state index in [0.29, 0.717) is 5.56 Å². The molecule has 1 fully saturated rings. The van der Waals surface area contributed by atoms with Crippen LogP contribution in [-0.4, -0.2) is 22.7 Å². The van der Waals surface area contributed by atoms with Crippen LogP contribution in [0, 0.1) is 0 Å². The molecule has 25 heavy (non-hydrogen) atoms. The van der Waals surface area contributed by atoms with Crippen LogP contribution >= 0.6 is 0 Å². The van der Waals surface area contributed by atoms with Crippen LogP contribution in [0.25, 0.3) is 10.8 Å². The number of ether oxygens (including phenoxy) is 1. The summed E-state index contributed by atoms with van der Waals surface area (Å²) >= 11 is 0. The number of amides is 1. The minimum Gasteiger partial charge on any atom is -0.372 e. The Morgan fingerprint density at radius 1 is 1.20 bits per heavy atom. The van der Waals surface area contributed by atoms with Crippen molar-refractivity contribution in [2.24, 2.45) is 0 Å². The smallest absolute Gasteiger partial charge is 0.259 e. The average molecular weight is 333 g/mol. The zero-order chi connectivity index (χ0) is 16.8. The molecule has 1 aliphatic heterocycles. The van der Waals surface area contributed by atoms with Crippen molar-refractivity contribution < 1.29 is 9.53 Å². The Labute approximate surface area is 145 Å². The van der Waals surface area contributed by atoms with E-state index < -0.39 is 0 Å². The molecule has 2 aliphatic rings. The average Bonchev–Trinajstić information content (AvgIpc) is 3.37. The molecule has 1 atom stereocenters. The van der Waals surface area contributed by atoms with Crippen molar-refractivity contribution >= 4 is 22.4 Å². The van der Waals surface area contributed by atoms with Crippen LogP contribution in [0.3, 0.4) is 0 Å². The van der Waals surface area contributed by atoms with Crippen molar-refractivity contribution in [1.82, 2.24) is 10.2 Å². The monoisotopic (exact) mass is 333 g/mol. The molecule has 2 N–H and O–H groups in total. The predicted molar refractivity (Wildman–Crippen MR) is 95.8 cm³/mol. The molecule has 0 radical (unpaired) electrons. The fourth-order valence-electron chi connectivity index (χ4n) is 4.07. The van der Waals surface area contributed by atoms with E-state index in [0.717, 1.165) is 49.1 Å². The minimum absolute atomic E-state index is 0.0592. The van der Waals surface area contributed by atoms with Gasteiger partial charge in [0.2, 0.25) is 0 Å². The maximum atomic E-state index is 12.9. The summed E-state index contributed by atoms with van der Waals surface area (Å²) in [7, 11) is 0. The van der Waals surface area contributed by atoms with Gasteiger partial charge in [-0.3, -0.25) is 9.89 Å². The van der Waals surface area contributed by atoms with Crippen molar-refractivity contribution in [3.05, 3.63) is 58.9 Å². The van der Waals surface area contributed by atoms with Crippen molar-refractivity contribution in [1.29, 1.82) is 0 Å². The highest BCUT2D eigenvalue weighted by molar-refractivity contribution is 6.10. The molecule has 2 aromatic carbocycles. The standard InChI is InChI=1S/C20H19N3O2/c24-20(15-11-21-23-19(15)17-5-2-10-25-17)22-16-9-8-13-7-6-12-3-1-4-14(16)18(12)13/h1,3-4,8-9,11,17H,2,5-7,10H2,(H,21,23)(H,22,24). The molecular formula is C20H19N3O2. The Morgan fingerprint density at radius 3 is 2.92 bits per heavy atom. The van der Waals surface area contributed by atoms with Crippen LogP contribution in [0.1, 0.15) is 46.1 Å². The normalized spacial score (nSPS) is 18.8. The molecule has 5 heteroatoms. The minimum atomic E-state index is -0.141. The number of nitrogens with zero attached hydrogens (tertiary/aromatic N) is 1. The van der Waals surface area contributed by atoms with E-state index in [1.165, 1.54) is 16.5 Å². The lowest BCUT2D eigenvalue weighted by atomic mass is 10.0. The zero-order valence-electron chi connectivity index (χ0n) is 13.8. The first-order chi connectivity index (χ1) is 12.3. The number of aromatic nitrogens is 2. The summed E-state index contributed by atoms with van der Waals surface area (Å²) in [4.78, 5) is 12.9. The third kappa shape index (κ3) is 2.35. The number of carbonyl (C=O) groups excluding carboxylic acids is 1. The third-order valence-corrected chi connectivity index (χ3v) is 5.29. The van der Waals surface area contributed by atoms with Crippen LogP contribution in [0.4, 0.5) is 5.69 Å². The van der Waals surface area contributed by atoms with E-state index in [4.69, 9.17) is 4.74 Å². The highest BCUT2D eigenvalue weighted by Gasteiger charge is 2.26. The molecule has 126 valence electrons. The number of benzene rings is 2. The number of aromatic amines is 1. The molecule has 5 nitrogen and oxygen atoms in total. The van der Waals surface area contributed by atoms with Gasteiger partial charge < -0.3 is 10.1 Å². The summed E-state index contributed by atoms with van der Waals surface area (Å²) in [5.74, 6) is -0.141. The summed E-state index contributed by atoms with van der Waals surface area (Å²) in [6, 6.07) is 10.5. The first kappa shape index (κ1) is 14.7. The van der Waals surface area contributed by atoms with E-state index >= 15 is 0 Å². The van der Waals surface area contributed by atoms with Gasteiger partial charge in [0.25, 0.3) is 5.91 Å². The van der Waals surface area contributed by atoms with Gasteiger partial charge in [-0.25, -0.2) is 0 Å². The van der Waals surface area contributed by atoms with Crippen molar-refractivity contribution in [2.45, 2.75) is 31.8 Å². The second-order valence-corrected chi connectivity index (χ2v) is 6.77. The van der Waals surface area contributed by atoms with Crippen LogP contribution in [0.5, 0.6) is 0 Å². The van der Waals surface area contributed by atoms with Crippen LogP contribution in [-0.2, 0) is 17.6 Å². The number of aryl methyl sites for hydroxylation is 2. The number of anilines is 1. The Hall–Kier alpha value is -2.66. The number of carbonyl (C=O) groups is 1. The molecule has 0 spiro atoms. The topological polar surface area (TPSA) is 67.0 Å². The van der Waals surface area contributed by atoms with Crippen LogP contribution < -0.4 is 5.32 Å². The second kappa shape index (κ2) is 5.70. The first-order valence-corrected chi connectivity index (χ1v) is 8.81. The Bertz CT molecular complexity index is 960. The molecule has 3 aromatic rings. The summed E-state index contributed by atoms with van der Waals surface area (Å²) < 4.78 is 5.70. The molecule has 1 saturated heterocycles. The number of H-pyrrole nitrogens is 1. The van der Waals surface area contributed by atoms with Crippen LogP contribution in [0.2, 0.25) is 0 Å². The largest absolute Gasteiger partial charge is 0.372 e. The van der Waals surface area contributed by atoms with Gasteiger partial charge in [0.1, 0.15) is 0 Å². The van der Waals surface area contributed by atoms with Crippen molar-refractivity contribution in [3.8, 4) is 0 Å². The highest BCUT2D eigenvalue weighted by Crippen LogP contribution is 2.35. The molecule has 1 unspecified atom stereocenters. The van der Waals surface area contributed by atoms with Gasteiger partial charge in [0, 0.05) is 17.7 Å². The molecule has 1 amide bonds. The van der Waals surface area contributed by atoms with Gasteiger partial charge in [-0.1, -0.05) is 24.3 Å². The first-order valence-electron chi connectivity index (χ1n) is 8.81. The van der Waals surface area contributed by atoms with E-state index in [1.807, 2.05) is 6.07 Å². The lowest BCUT2D eigenvalue weighted by Crippen LogP contribution is -2.15. The molecule has 0 saturated carbocycles. The fraction of sp³-hybridized carbons (Fsp3) is 0.300. The zero-order valence-corrected chi connectivity index (χ0v) is 13.8. The lowest BCUT2D eigenvalue weighted by molar-refractivity contribution is 0.0979. The quantitative estimate of drug-likeness (QED) is 0.767. The highest BCUT2D eigenvalue weighted by atomic mass is 16.5. The Balaban J connectivity index is 1.50. The number of rotatable bonds is 3. The van der Waals surface area contributed by atoms with Gasteiger partial charge in [-0.15, -0.1) is 0 Å². The van der Waals surface area contributed by atoms with Crippen molar-refractivity contribution in [3.63, 3.8) is 0 Å². The third-order valence-electron chi connectivity index (χ3n) is 5.29. The summed E-state index contributed by atoms with van der Waals surface area (Å²) in [5.41, 5.74) is 4.93. The lowest BCUT2D eigenvalue weighted by Gasteiger charge is -2.12. The summed E-state index contributed by atoms with van der Waals surface area (Å²) in [6.07, 6.45) is 5.62. The Morgan fingerprint density at radius 2 is 2.08 bits per heavy atom. The van der Waals surface area contributed by atoms with Gasteiger partial charge in [-0.2, -0.15) is 5.10 Å². The molecule has 1 aromatic heterocycles. The van der Waals surface area contributed by atoms with E-state index in [1.54, 1.807) is 6.20 Å². The van der Waals surface area contributed by atoms with E-state index in [-0.39, 0.29) is 12.0 Å². The summed E-state index contributed by atoms with van der Waals surface area (Å²) in [5, 5.41) is 12.5. The van der Waals surface area contributed by atoms with Crippen molar-refractivity contribution in [2.75, 3.05) is 11.9 Å². The SMILES string of the molecule is O=C(Nc1ccc2c3c(cccc13)CC2)c1cn[nH]c1C1CCCO1. The second-order valence-electron chi connectivity index (χ2n) is 6.77. The predicted octanol–water partition coefficient (Wildman–Crippen LogP) is 3.77. The van der Waals surface area contributed by atoms with Gasteiger partial charge in [-0.05, 0) is 48.3 Å². The molecule has 2 heterocycles. The van der Waals surface area contributed by atoms with E-state index in [9.17, 15) is 4.79 Å². The van der Waals surface area contributed by atoms with E-state index in [2.05, 4.69) is 39.8 Å². The maximum Gasteiger partial charge on any atom is 0.259 e. The molecule has 1 aliphatic carbocycles. The van der Waals surface area contributed by atoms with Crippen LogP contribution in [0.15, 0.2) is 36.5 Å². The Kier molecular flexibility index (Phi) is 3.35. The molecule has 5 rings (SSSR count). The number of hydrogen-bond acceptors (Lipinski definition) is 3. The summed E-state index contributed by atoms with van der Waals surface area (Å²) in [6.45, 7) is 0.736.